The molecule has 0 saturated carbocycles. The first-order valence-electron chi connectivity index (χ1n) is 8.50. The van der Waals surface area contributed by atoms with Gasteiger partial charge in [-0.3, -0.25) is 14.4 Å². The number of benzene rings is 1. The van der Waals surface area contributed by atoms with Crippen LogP contribution in [0, 0.1) is 5.92 Å². The number of rotatable bonds is 5. The van der Waals surface area contributed by atoms with Crippen LogP contribution in [0.1, 0.15) is 35.5 Å². The molecule has 2 aromatic rings. The molecule has 1 aromatic carbocycles. The summed E-state index contributed by atoms with van der Waals surface area (Å²) in [6, 6.07) is 8.93. The second-order valence-corrected chi connectivity index (χ2v) is 6.79. The molecule has 1 unspecified atom stereocenters. The average Bonchev–Trinajstić information content (AvgIpc) is 3.01. The molecule has 0 saturated heterocycles. The van der Waals surface area contributed by atoms with E-state index >= 15 is 0 Å². The van der Waals surface area contributed by atoms with Gasteiger partial charge in [-0.2, -0.15) is 0 Å². The zero-order chi connectivity index (χ0) is 17.1. The lowest BCUT2D eigenvalue weighted by molar-refractivity contribution is 0.0899. The maximum atomic E-state index is 12.2. The van der Waals surface area contributed by atoms with Gasteiger partial charge in [0.2, 0.25) is 0 Å². The SMILES string of the molecule is CC(C)C(CNC(=O)c1cn(C)nn1)N1CCc2ccccc2C1. The van der Waals surface area contributed by atoms with E-state index in [0.717, 1.165) is 19.5 Å². The molecule has 6 nitrogen and oxygen atoms in total. The summed E-state index contributed by atoms with van der Waals surface area (Å²) in [5, 5.41) is 10.7. The van der Waals surface area contributed by atoms with E-state index < -0.39 is 0 Å². The smallest absolute Gasteiger partial charge is 0.273 e. The van der Waals surface area contributed by atoms with Gasteiger partial charge in [-0.15, -0.1) is 5.10 Å². The number of hydrogen-bond donors (Lipinski definition) is 1. The van der Waals surface area contributed by atoms with E-state index in [2.05, 4.69) is 58.6 Å². The molecule has 0 fully saturated rings. The second-order valence-electron chi connectivity index (χ2n) is 6.79. The zero-order valence-electron chi connectivity index (χ0n) is 14.6. The molecule has 6 heteroatoms. The normalized spacial score (nSPS) is 16.0. The number of nitrogens with zero attached hydrogens (tertiary/aromatic N) is 4. The Kier molecular flexibility index (Phi) is 4.94. The lowest BCUT2D eigenvalue weighted by atomic mass is 9.95. The molecule has 2 heterocycles. The van der Waals surface area contributed by atoms with Crippen LogP contribution in [0.4, 0.5) is 0 Å². The standard InChI is InChI=1S/C18H25N5O/c1-13(2)17(10-19-18(24)16-12-22(3)21-20-16)23-9-8-14-6-4-5-7-15(14)11-23/h4-7,12-13,17H,8-11H2,1-3H3,(H,19,24). The van der Waals surface area contributed by atoms with Crippen molar-refractivity contribution >= 4 is 5.91 Å². The van der Waals surface area contributed by atoms with Crippen molar-refractivity contribution in [2.75, 3.05) is 13.1 Å². The first-order chi connectivity index (χ1) is 11.5. The third-order valence-electron chi connectivity index (χ3n) is 4.71. The van der Waals surface area contributed by atoms with Gasteiger partial charge in [0.15, 0.2) is 5.69 Å². The number of nitrogens with one attached hydrogen (secondary N) is 1. The number of carbonyl (C=O) groups excluding carboxylic acids is 1. The van der Waals surface area contributed by atoms with Gasteiger partial charge in [0.25, 0.3) is 5.91 Å². The summed E-state index contributed by atoms with van der Waals surface area (Å²) in [4.78, 5) is 14.7. The fourth-order valence-corrected chi connectivity index (χ4v) is 3.33. The third kappa shape index (κ3) is 3.64. The highest BCUT2D eigenvalue weighted by molar-refractivity contribution is 5.91. The van der Waals surface area contributed by atoms with Crippen LogP contribution in [0.25, 0.3) is 0 Å². The van der Waals surface area contributed by atoms with Crippen molar-refractivity contribution in [3.8, 4) is 0 Å². The van der Waals surface area contributed by atoms with E-state index in [1.807, 2.05) is 0 Å². The van der Waals surface area contributed by atoms with Gasteiger partial charge < -0.3 is 5.32 Å². The Bertz CT molecular complexity index is 709. The predicted octanol–water partition coefficient (Wildman–Crippen LogP) is 1.63. The summed E-state index contributed by atoms with van der Waals surface area (Å²) in [7, 11) is 1.76. The molecule has 0 aliphatic carbocycles. The van der Waals surface area contributed by atoms with Gasteiger partial charge in [-0.25, -0.2) is 0 Å². The monoisotopic (exact) mass is 327 g/mol. The van der Waals surface area contributed by atoms with E-state index in [1.165, 1.54) is 15.8 Å². The Balaban J connectivity index is 1.64. The highest BCUT2D eigenvalue weighted by atomic mass is 16.2. The summed E-state index contributed by atoms with van der Waals surface area (Å²) in [6.45, 7) is 7.01. The van der Waals surface area contributed by atoms with E-state index in [1.54, 1.807) is 13.2 Å². The van der Waals surface area contributed by atoms with Crippen LogP contribution >= 0.6 is 0 Å². The zero-order valence-corrected chi connectivity index (χ0v) is 14.6. The number of amides is 1. The molecule has 128 valence electrons. The summed E-state index contributed by atoms with van der Waals surface area (Å²) in [5.74, 6) is 0.295. The van der Waals surface area contributed by atoms with Gasteiger partial charge in [-0.05, 0) is 23.5 Å². The van der Waals surface area contributed by atoms with Crippen molar-refractivity contribution in [1.82, 2.24) is 25.2 Å². The van der Waals surface area contributed by atoms with Gasteiger partial charge >= 0.3 is 0 Å². The van der Waals surface area contributed by atoms with Crippen LogP contribution in [-0.4, -0.2) is 44.9 Å². The van der Waals surface area contributed by atoms with Crippen molar-refractivity contribution in [3.63, 3.8) is 0 Å². The van der Waals surface area contributed by atoms with Gasteiger partial charge in [0, 0.05) is 32.7 Å². The van der Waals surface area contributed by atoms with E-state index in [0.29, 0.717) is 24.2 Å². The van der Waals surface area contributed by atoms with Crippen LogP contribution in [0.2, 0.25) is 0 Å². The van der Waals surface area contributed by atoms with E-state index in [9.17, 15) is 4.79 Å². The highest BCUT2D eigenvalue weighted by Gasteiger charge is 2.26. The van der Waals surface area contributed by atoms with Crippen LogP contribution in [0.5, 0.6) is 0 Å². The Morgan fingerprint density at radius 3 is 2.71 bits per heavy atom. The average molecular weight is 327 g/mol. The molecular weight excluding hydrogens is 302 g/mol. The minimum Gasteiger partial charge on any atom is -0.349 e. The quantitative estimate of drug-likeness (QED) is 0.906. The van der Waals surface area contributed by atoms with Crippen molar-refractivity contribution in [2.45, 2.75) is 32.9 Å². The van der Waals surface area contributed by atoms with Crippen molar-refractivity contribution in [1.29, 1.82) is 0 Å². The summed E-state index contributed by atoms with van der Waals surface area (Å²) in [5.41, 5.74) is 3.21. The lowest BCUT2D eigenvalue weighted by Gasteiger charge is -2.37. The molecule has 24 heavy (non-hydrogen) atoms. The number of aryl methyl sites for hydroxylation is 1. The van der Waals surface area contributed by atoms with Gasteiger partial charge in [-0.1, -0.05) is 43.3 Å². The topological polar surface area (TPSA) is 63.1 Å². The molecule has 3 rings (SSSR count). The first-order valence-corrected chi connectivity index (χ1v) is 8.50. The van der Waals surface area contributed by atoms with Crippen molar-refractivity contribution in [2.24, 2.45) is 13.0 Å². The minimum absolute atomic E-state index is 0.161. The molecule has 1 amide bonds. The van der Waals surface area contributed by atoms with E-state index in [4.69, 9.17) is 0 Å². The molecule has 0 radical (unpaired) electrons. The first kappa shape index (κ1) is 16.6. The fourth-order valence-electron chi connectivity index (χ4n) is 3.33. The third-order valence-corrected chi connectivity index (χ3v) is 4.71. The van der Waals surface area contributed by atoms with Crippen molar-refractivity contribution < 1.29 is 4.79 Å². The Labute approximate surface area is 142 Å². The van der Waals surface area contributed by atoms with Gasteiger partial charge in [0.05, 0.1) is 6.20 Å². The highest BCUT2D eigenvalue weighted by Crippen LogP contribution is 2.22. The fraction of sp³-hybridized carbons (Fsp3) is 0.500. The summed E-state index contributed by atoms with van der Waals surface area (Å²) in [6.07, 6.45) is 2.70. The number of carbonyl (C=O) groups is 1. The summed E-state index contributed by atoms with van der Waals surface area (Å²) < 4.78 is 1.54. The molecular formula is C18H25N5O. The maximum Gasteiger partial charge on any atom is 0.273 e. The Hall–Kier alpha value is -2.21. The second kappa shape index (κ2) is 7.13. The Morgan fingerprint density at radius 1 is 1.29 bits per heavy atom. The lowest BCUT2D eigenvalue weighted by Crippen LogP contribution is -2.48. The number of aromatic nitrogens is 3. The van der Waals surface area contributed by atoms with Crippen LogP contribution < -0.4 is 5.32 Å². The maximum absolute atomic E-state index is 12.2. The molecule has 1 N–H and O–H groups in total. The van der Waals surface area contributed by atoms with Crippen LogP contribution in [0.3, 0.4) is 0 Å². The molecule has 0 spiro atoms. The van der Waals surface area contributed by atoms with Crippen LogP contribution in [0.15, 0.2) is 30.5 Å². The largest absolute Gasteiger partial charge is 0.349 e. The molecule has 1 atom stereocenters. The molecule has 1 aliphatic heterocycles. The minimum atomic E-state index is -0.161. The van der Waals surface area contributed by atoms with Crippen LogP contribution in [-0.2, 0) is 20.0 Å². The van der Waals surface area contributed by atoms with Crippen molar-refractivity contribution in [3.05, 3.63) is 47.3 Å². The predicted molar refractivity (Wildman–Crippen MR) is 92.5 cm³/mol. The molecule has 0 bridgehead atoms. The number of fused-ring (bicyclic) bond motifs is 1. The Morgan fingerprint density at radius 2 is 2.04 bits per heavy atom. The van der Waals surface area contributed by atoms with Gasteiger partial charge in [0.1, 0.15) is 0 Å². The number of hydrogen-bond acceptors (Lipinski definition) is 4. The molecule has 1 aromatic heterocycles. The summed E-state index contributed by atoms with van der Waals surface area (Å²) >= 11 is 0. The van der Waals surface area contributed by atoms with E-state index in [-0.39, 0.29) is 5.91 Å². The molecule has 1 aliphatic rings.